The molecule has 0 aromatic rings. The Bertz CT molecular complexity index is 412. The molecule has 0 spiro atoms. The summed E-state index contributed by atoms with van der Waals surface area (Å²) < 4.78 is 27.9. The van der Waals surface area contributed by atoms with Crippen LogP contribution < -0.4 is 5.32 Å². The molecule has 0 radical (unpaired) electrons. The minimum absolute atomic E-state index is 0.0988. The standard InChI is InChI=1S/C15H28N2O2S/c18-20(19,13-7-2-1-3-8-13)17-12-5-4-10-15(17)14-9-6-11-16-14/h13-16H,1-12H2. The fourth-order valence-electron chi connectivity index (χ4n) is 4.24. The average molecular weight is 300 g/mol. The second-order valence-corrected chi connectivity index (χ2v) is 8.85. The lowest BCUT2D eigenvalue weighted by molar-refractivity contribution is 0.207. The number of hydrogen-bond acceptors (Lipinski definition) is 3. The summed E-state index contributed by atoms with van der Waals surface area (Å²) in [5.74, 6) is 0. The molecule has 116 valence electrons. The largest absolute Gasteiger partial charge is 0.312 e. The Morgan fingerprint density at radius 1 is 0.850 bits per heavy atom. The van der Waals surface area contributed by atoms with E-state index in [0.717, 1.165) is 58.0 Å². The fourth-order valence-corrected chi connectivity index (χ4v) is 6.57. The first-order valence-corrected chi connectivity index (χ1v) is 9.94. The highest BCUT2D eigenvalue weighted by molar-refractivity contribution is 7.89. The quantitative estimate of drug-likeness (QED) is 0.870. The molecule has 2 aliphatic heterocycles. The molecule has 2 heterocycles. The Hall–Kier alpha value is -0.130. The van der Waals surface area contributed by atoms with E-state index in [1.165, 1.54) is 19.3 Å². The number of rotatable bonds is 3. The van der Waals surface area contributed by atoms with Crippen molar-refractivity contribution in [1.82, 2.24) is 9.62 Å². The number of hydrogen-bond donors (Lipinski definition) is 1. The third-order valence-electron chi connectivity index (χ3n) is 5.36. The van der Waals surface area contributed by atoms with Gasteiger partial charge < -0.3 is 5.32 Å². The van der Waals surface area contributed by atoms with E-state index >= 15 is 0 Å². The molecular weight excluding hydrogens is 272 g/mol. The molecule has 3 aliphatic rings. The van der Waals surface area contributed by atoms with Gasteiger partial charge in [0.2, 0.25) is 10.0 Å². The summed E-state index contributed by atoms with van der Waals surface area (Å²) in [6.45, 7) is 1.81. The van der Waals surface area contributed by atoms with Gasteiger partial charge in [0.1, 0.15) is 0 Å². The Labute approximate surface area is 123 Å². The zero-order valence-corrected chi connectivity index (χ0v) is 13.2. The number of sulfonamides is 1. The number of piperidine rings is 1. The first-order chi connectivity index (χ1) is 9.69. The van der Waals surface area contributed by atoms with E-state index in [9.17, 15) is 8.42 Å². The maximum Gasteiger partial charge on any atom is 0.217 e. The normalized spacial score (nSPS) is 34.4. The van der Waals surface area contributed by atoms with Crippen LogP contribution in [0.3, 0.4) is 0 Å². The van der Waals surface area contributed by atoms with Gasteiger partial charge in [0.05, 0.1) is 5.25 Å². The monoisotopic (exact) mass is 300 g/mol. The van der Waals surface area contributed by atoms with Crippen molar-refractivity contribution in [3.8, 4) is 0 Å². The molecule has 2 unspecified atom stereocenters. The fraction of sp³-hybridized carbons (Fsp3) is 1.00. The molecule has 20 heavy (non-hydrogen) atoms. The highest BCUT2D eigenvalue weighted by atomic mass is 32.2. The maximum atomic E-state index is 13.0. The van der Waals surface area contributed by atoms with Crippen LogP contribution in [0.25, 0.3) is 0 Å². The summed E-state index contributed by atoms with van der Waals surface area (Å²) in [4.78, 5) is 0. The molecule has 0 aromatic carbocycles. The number of nitrogens with zero attached hydrogens (tertiary/aromatic N) is 1. The molecule has 1 N–H and O–H groups in total. The minimum Gasteiger partial charge on any atom is -0.312 e. The summed E-state index contributed by atoms with van der Waals surface area (Å²) in [6, 6.07) is 0.617. The smallest absolute Gasteiger partial charge is 0.217 e. The van der Waals surface area contributed by atoms with Crippen molar-refractivity contribution in [2.45, 2.75) is 81.5 Å². The van der Waals surface area contributed by atoms with Gasteiger partial charge in [-0.05, 0) is 45.1 Å². The van der Waals surface area contributed by atoms with E-state index in [4.69, 9.17) is 0 Å². The van der Waals surface area contributed by atoms with E-state index in [1.807, 2.05) is 4.31 Å². The highest BCUT2D eigenvalue weighted by Crippen LogP contribution is 2.32. The molecule has 4 nitrogen and oxygen atoms in total. The number of nitrogens with one attached hydrogen (secondary N) is 1. The second-order valence-electron chi connectivity index (χ2n) is 6.68. The van der Waals surface area contributed by atoms with E-state index in [-0.39, 0.29) is 11.3 Å². The molecule has 1 saturated carbocycles. The van der Waals surface area contributed by atoms with Crippen molar-refractivity contribution in [2.75, 3.05) is 13.1 Å². The van der Waals surface area contributed by atoms with Crippen LogP contribution in [0.5, 0.6) is 0 Å². The van der Waals surface area contributed by atoms with Gasteiger partial charge in [-0.25, -0.2) is 8.42 Å². The maximum absolute atomic E-state index is 13.0. The van der Waals surface area contributed by atoms with Crippen LogP contribution in [0.15, 0.2) is 0 Å². The van der Waals surface area contributed by atoms with Gasteiger partial charge >= 0.3 is 0 Å². The molecule has 3 fully saturated rings. The van der Waals surface area contributed by atoms with Crippen molar-refractivity contribution >= 4 is 10.0 Å². The van der Waals surface area contributed by atoms with Crippen LogP contribution in [0.1, 0.15) is 64.2 Å². The molecule has 1 aliphatic carbocycles. The van der Waals surface area contributed by atoms with Gasteiger partial charge in [0.25, 0.3) is 0 Å². The molecule has 2 atom stereocenters. The summed E-state index contributed by atoms with van der Waals surface area (Å²) in [6.07, 6.45) is 10.7. The van der Waals surface area contributed by atoms with Crippen molar-refractivity contribution in [1.29, 1.82) is 0 Å². The Morgan fingerprint density at radius 2 is 1.60 bits per heavy atom. The van der Waals surface area contributed by atoms with Crippen LogP contribution in [0, 0.1) is 0 Å². The summed E-state index contributed by atoms with van der Waals surface area (Å²) >= 11 is 0. The van der Waals surface area contributed by atoms with Gasteiger partial charge in [-0.15, -0.1) is 0 Å². The van der Waals surface area contributed by atoms with Gasteiger partial charge in [0, 0.05) is 18.6 Å². The topological polar surface area (TPSA) is 49.4 Å². The molecule has 5 heteroatoms. The zero-order chi connectivity index (χ0) is 14.0. The molecule has 0 bridgehead atoms. The van der Waals surface area contributed by atoms with Gasteiger partial charge in [-0.1, -0.05) is 25.7 Å². The molecule has 2 saturated heterocycles. The lowest BCUT2D eigenvalue weighted by Gasteiger charge is -2.40. The third kappa shape index (κ3) is 2.90. The van der Waals surface area contributed by atoms with Crippen LogP contribution in [0.2, 0.25) is 0 Å². The highest BCUT2D eigenvalue weighted by Gasteiger charge is 2.41. The first-order valence-electron chi connectivity index (χ1n) is 8.43. The van der Waals surface area contributed by atoms with Gasteiger partial charge in [0.15, 0.2) is 0 Å². The minimum atomic E-state index is -3.08. The van der Waals surface area contributed by atoms with Crippen molar-refractivity contribution < 1.29 is 8.42 Å². The van der Waals surface area contributed by atoms with Crippen molar-refractivity contribution in [2.24, 2.45) is 0 Å². The SMILES string of the molecule is O=S(=O)(C1CCCCC1)N1CCCCC1C1CCCN1. The lowest BCUT2D eigenvalue weighted by atomic mass is 9.97. The summed E-state index contributed by atoms with van der Waals surface area (Å²) in [5.41, 5.74) is 0. The molecule has 0 aromatic heterocycles. The first kappa shape index (κ1) is 14.8. The van der Waals surface area contributed by atoms with Crippen LogP contribution in [0.4, 0.5) is 0 Å². The van der Waals surface area contributed by atoms with Gasteiger partial charge in [-0.3, -0.25) is 0 Å². The van der Waals surface area contributed by atoms with E-state index in [2.05, 4.69) is 5.32 Å². The van der Waals surface area contributed by atoms with E-state index < -0.39 is 10.0 Å². The van der Waals surface area contributed by atoms with E-state index in [0.29, 0.717) is 6.04 Å². The van der Waals surface area contributed by atoms with Crippen LogP contribution >= 0.6 is 0 Å². The third-order valence-corrected chi connectivity index (χ3v) is 7.78. The van der Waals surface area contributed by atoms with Crippen LogP contribution in [-0.2, 0) is 10.0 Å². The average Bonchev–Trinajstić information content (AvgIpc) is 3.02. The predicted molar refractivity (Wildman–Crippen MR) is 81.2 cm³/mol. The predicted octanol–water partition coefficient (Wildman–Crippen LogP) is 2.26. The van der Waals surface area contributed by atoms with Crippen molar-refractivity contribution in [3.63, 3.8) is 0 Å². The van der Waals surface area contributed by atoms with Crippen molar-refractivity contribution in [3.05, 3.63) is 0 Å². The zero-order valence-electron chi connectivity index (χ0n) is 12.4. The molecule has 0 amide bonds. The Kier molecular flexibility index (Phi) is 4.68. The lowest BCUT2D eigenvalue weighted by Crippen LogP contribution is -2.54. The van der Waals surface area contributed by atoms with Gasteiger partial charge in [-0.2, -0.15) is 4.31 Å². The van der Waals surface area contributed by atoms with E-state index in [1.54, 1.807) is 0 Å². The molecule has 3 rings (SSSR count). The molecular formula is C15H28N2O2S. The second kappa shape index (κ2) is 6.32. The Balaban J connectivity index is 1.77. The van der Waals surface area contributed by atoms with Crippen LogP contribution in [-0.4, -0.2) is 43.1 Å². The summed E-state index contributed by atoms with van der Waals surface area (Å²) in [5, 5.41) is 3.43. The summed E-state index contributed by atoms with van der Waals surface area (Å²) in [7, 11) is -3.08. The Morgan fingerprint density at radius 3 is 2.30 bits per heavy atom.